The lowest BCUT2D eigenvalue weighted by atomic mass is 9.95. The molecular formula is C15H28N4S2. The van der Waals surface area contributed by atoms with Gasteiger partial charge in [0.2, 0.25) is 0 Å². The van der Waals surface area contributed by atoms with Crippen LogP contribution in [0, 0.1) is 0 Å². The summed E-state index contributed by atoms with van der Waals surface area (Å²) in [5.74, 6) is 5.72. The summed E-state index contributed by atoms with van der Waals surface area (Å²) in [6.07, 6.45) is 5.34. The Kier molecular flexibility index (Phi) is 5.62. The van der Waals surface area contributed by atoms with Gasteiger partial charge in [0.15, 0.2) is 5.96 Å². The summed E-state index contributed by atoms with van der Waals surface area (Å²) < 4.78 is 0. The SMILES string of the molecule is NC(=NCC1(N2CCSCC2)CCCC1)N1CCSCC1. The molecule has 0 bridgehead atoms. The minimum Gasteiger partial charge on any atom is -0.370 e. The van der Waals surface area contributed by atoms with Crippen LogP contribution in [0.25, 0.3) is 0 Å². The topological polar surface area (TPSA) is 44.9 Å². The van der Waals surface area contributed by atoms with E-state index in [4.69, 9.17) is 10.7 Å². The van der Waals surface area contributed by atoms with Crippen molar-refractivity contribution in [3.63, 3.8) is 0 Å². The molecule has 1 aliphatic carbocycles. The molecule has 120 valence electrons. The van der Waals surface area contributed by atoms with Gasteiger partial charge in [-0.25, -0.2) is 0 Å². The minimum absolute atomic E-state index is 0.316. The van der Waals surface area contributed by atoms with Crippen LogP contribution in [0.5, 0.6) is 0 Å². The van der Waals surface area contributed by atoms with Gasteiger partial charge in [-0.1, -0.05) is 12.8 Å². The Bertz CT molecular complexity index is 357. The van der Waals surface area contributed by atoms with Crippen molar-refractivity contribution in [1.82, 2.24) is 9.80 Å². The fraction of sp³-hybridized carbons (Fsp3) is 0.933. The van der Waals surface area contributed by atoms with E-state index in [1.165, 1.54) is 61.8 Å². The first-order valence-electron chi connectivity index (χ1n) is 8.26. The molecule has 0 radical (unpaired) electrons. The number of nitrogens with zero attached hydrogens (tertiary/aromatic N) is 3. The van der Waals surface area contributed by atoms with Crippen molar-refractivity contribution in [2.45, 2.75) is 31.2 Å². The summed E-state index contributed by atoms with van der Waals surface area (Å²) in [6, 6.07) is 0. The highest BCUT2D eigenvalue weighted by atomic mass is 32.2. The van der Waals surface area contributed by atoms with Crippen molar-refractivity contribution in [3.05, 3.63) is 0 Å². The fourth-order valence-electron chi connectivity index (χ4n) is 3.77. The van der Waals surface area contributed by atoms with Crippen LogP contribution in [-0.2, 0) is 0 Å². The van der Waals surface area contributed by atoms with Gasteiger partial charge in [0.1, 0.15) is 0 Å². The van der Waals surface area contributed by atoms with Gasteiger partial charge in [-0.15, -0.1) is 0 Å². The molecule has 6 heteroatoms. The zero-order valence-electron chi connectivity index (χ0n) is 12.9. The summed E-state index contributed by atoms with van der Waals surface area (Å²) in [6.45, 7) is 5.51. The highest BCUT2D eigenvalue weighted by Crippen LogP contribution is 2.37. The Morgan fingerprint density at radius 2 is 1.52 bits per heavy atom. The molecule has 0 amide bonds. The van der Waals surface area contributed by atoms with Crippen LogP contribution in [0.1, 0.15) is 25.7 Å². The van der Waals surface area contributed by atoms with Gasteiger partial charge in [0.05, 0.1) is 6.54 Å². The third-order valence-corrected chi connectivity index (χ3v) is 6.97. The molecule has 4 nitrogen and oxygen atoms in total. The number of hydrogen-bond acceptors (Lipinski definition) is 4. The zero-order chi connectivity index (χ0) is 14.5. The van der Waals surface area contributed by atoms with E-state index in [2.05, 4.69) is 21.6 Å². The number of nitrogens with two attached hydrogens (primary N) is 1. The van der Waals surface area contributed by atoms with Crippen molar-refractivity contribution in [2.75, 3.05) is 55.7 Å². The predicted molar refractivity (Wildman–Crippen MR) is 95.5 cm³/mol. The molecule has 3 fully saturated rings. The molecule has 0 unspecified atom stereocenters. The van der Waals surface area contributed by atoms with E-state index in [0.29, 0.717) is 5.54 Å². The average Bonchev–Trinajstić information content (AvgIpc) is 3.04. The van der Waals surface area contributed by atoms with Crippen LogP contribution in [0.3, 0.4) is 0 Å². The summed E-state index contributed by atoms with van der Waals surface area (Å²) >= 11 is 4.11. The highest BCUT2D eigenvalue weighted by Gasteiger charge is 2.39. The average molecular weight is 329 g/mol. The van der Waals surface area contributed by atoms with Crippen molar-refractivity contribution in [3.8, 4) is 0 Å². The zero-order valence-corrected chi connectivity index (χ0v) is 14.6. The smallest absolute Gasteiger partial charge is 0.191 e. The molecule has 2 aliphatic heterocycles. The van der Waals surface area contributed by atoms with Crippen molar-refractivity contribution in [2.24, 2.45) is 10.7 Å². The predicted octanol–water partition coefficient (Wildman–Crippen LogP) is 1.71. The standard InChI is InChI=1S/C15H28N4S2/c16-14(18-5-9-20-10-6-18)17-13-15(3-1-2-4-15)19-7-11-21-12-8-19/h1-13H2,(H2,16,17). The summed E-state index contributed by atoms with van der Waals surface area (Å²) in [5, 5.41) is 0. The molecule has 2 N–H and O–H groups in total. The monoisotopic (exact) mass is 328 g/mol. The summed E-state index contributed by atoms with van der Waals surface area (Å²) in [4.78, 5) is 9.83. The van der Waals surface area contributed by atoms with Gasteiger partial charge in [0.25, 0.3) is 0 Å². The molecule has 1 saturated carbocycles. The minimum atomic E-state index is 0.316. The normalized spacial score (nSPS) is 28.0. The molecule has 0 aromatic heterocycles. The molecule has 2 saturated heterocycles. The Labute approximate surface area is 137 Å². The second-order valence-corrected chi connectivity index (χ2v) is 8.75. The Balaban J connectivity index is 1.64. The van der Waals surface area contributed by atoms with Crippen LogP contribution in [0.4, 0.5) is 0 Å². The highest BCUT2D eigenvalue weighted by molar-refractivity contribution is 7.99. The fourth-order valence-corrected chi connectivity index (χ4v) is 5.57. The molecule has 3 aliphatic rings. The van der Waals surface area contributed by atoms with Gasteiger partial charge in [-0.05, 0) is 12.8 Å². The molecular weight excluding hydrogens is 300 g/mol. The molecule has 21 heavy (non-hydrogen) atoms. The molecule has 0 spiro atoms. The lowest BCUT2D eigenvalue weighted by molar-refractivity contribution is 0.112. The Hall–Kier alpha value is -0.0700. The maximum Gasteiger partial charge on any atom is 0.191 e. The van der Waals surface area contributed by atoms with E-state index in [0.717, 1.165) is 25.6 Å². The van der Waals surface area contributed by atoms with Crippen LogP contribution in [0.15, 0.2) is 4.99 Å². The summed E-state index contributed by atoms with van der Waals surface area (Å²) in [7, 11) is 0. The van der Waals surface area contributed by atoms with Crippen molar-refractivity contribution >= 4 is 29.5 Å². The summed E-state index contributed by atoms with van der Waals surface area (Å²) in [5.41, 5.74) is 6.57. The Morgan fingerprint density at radius 3 is 2.14 bits per heavy atom. The number of guanidine groups is 1. The Morgan fingerprint density at radius 1 is 0.952 bits per heavy atom. The second-order valence-electron chi connectivity index (χ2n) is 6.30. The number of rotatable bonds is 3. The second kappa shape index (κ2) is 7.47. The van der Waals surface area contributed by atoms with Gasteiger partial charge in [0, 0.05) is 54.7 Å². The molecule has 0 aromatic carbocycles. The quantitative estimate of drug-likeness (QED) is 0.631. The van der Waals surface area contributed by atoms with Gasteiger partial charge >= 0.3 is 0 Å². The molecule has 0 atom stereocenters. The molecule has 2 heterocycles. The van der Waals surface area contributed by atoms with Crippen molar-refractivity contribution in [1.29, 1.82) is 0 Å². The first-order valence-corrected chi connectivity index (χ1v) is 10.6. The van der Waals surface area contributed by atoms with E-state index in [1.807, 2.05) is 11.8 Å². The third kappa shape index (κ3) is 3.82. The van der Waals surface area contributed by atoms with Gasteiger partial charge in [-0.2, -0.15) is 23.5 Å². The van der Waals surface area contributed by atoms with Crippen LogP contribution >= 0.6 is 23.5 Å². The number of aliphatic imine (C=N–C) groups is 1. The van der Waals surface area contributed by atoms with E-state index < -0.39 is 0 Å². The third-order valence-electron chi connectivity index (χ3n) is 5.09. The van der Waals surface area contributed by atoms with Gasteiger partial charge in [-0.3, -0.25) is 9.89 Å². The molecule has 0 aromatic rings. The lowest BCUT2D eigenvalue weighted by Crippen LogP contribution is -2.53. The van der Waals surface area contributed by atoms with E-state index in [9.17, 15) is 0 Å². The first kappa shape index (κ1) is 15.8. The number of thioether (sulfide) groups is 2. The van der Waals surface area contributed by atoms with Gasteiger partial charge < -0.3 is 10.6 Å². The van der Waals surface area contributed by atoms with E-state index in [-0.39, 0.29) is 0 Å². The van der Waals surface area contributed by atoms with E-state index in [1.54, 1.807) is 0 Å². The maximum atomic E-state index is 6.26. The van der Waals surface area contributed by atoms with Crippen molar-refractivity contribution < 1.29 is 0 Å². The maximum absolute atomic E-state index is 6.26. The largest absolute Gasteiger partial charge is 0.370 e. The number of hydrogen-bond donors (Lipinski definition) is 1. The lowest BCUT2D eigenvalue weighted by Gasteiger charge is -2.42. The van der Waals surface area contributed by atoms with Crippen LogP contribution in [0.2, 0.25) is 0 Å². The first-order chi connectivity index (χ1) is 10.3. The van der Waals surface area contributed by atoms with Crippen LogP contribution in [-0.4, -0.2) is 77.0 Å². The van der Waals surface area contributed by atoms with Crippen LogP contribution < -0.4 is 5.73 Å². The molecule has 3 rings (SSSR count). The van der Waals surface area contributed by atoms with E-state index >= 15 is 0 Å².